The Morgan fingerprint density at radius 2 is 2.55 bits per heavy atom. The van der Waals surface area contributed by atoms with Gasteiger partial charge in [-0.15, -0.1) is 11.3 Å². The maximum atomic E-state index is 10.2. The quantitative estimate of drug-likeness (QED) is 0.751. The minimum absolute atomic E-state index is 0.453. The van der Waals surface area contributed by atoms with Crippen LogP contribution in [0.2, 0.25) is 0 Å². The van der Waals surface area contributed by atoms with Crippen molar-refractivity contribution in [1.29, 1.82) is 0 Å². The molecule has 0 bridgehead atoms. The summed E-state index contributed by atoms with van der Waals surface area (Å²) in [4.78, 5) is 11.2. The molecule has 0 aromatic carbocycles. The molecule has 0 unspecified atom stereocenters. The monoisotopic (exact) mass is 234 g/mol. The van der Waals surface area contributed by atoms with Gasteiger partial charge in [-0.3, -0.25) is 0 Å². The van der Waals surface area contributed by atoms with Crippen molar-refractivity contribution in [2.24, 2.45) is 0 Å². The molecule has 0 radical (unpaired) electrons. The minimum atomic E-state index is 0.453. The summed E-state index contributed by atoms with van der Waals surface area (Å²) in [6.07, 6.45) is 1.34. The van der Waals surface area contributed by atoms with Crippen LogP contribution < -0.4 is 4.74 Å². The molecule has 0 saturated carbocycles. The molecule has 60 valence electrons. The Balaban J connectivity index is 2.87. The van der Waals surface area contributed by atoms with Crippen molar-refractivity contribution >= 4 is 33.6 Å². The number of methoxy groups -OCH3 is 1. The number of hydrogen-bond acceptors (Lipinski definition) is 3. The molecule has 0 fully saturated rings. The third kappa shape index (κ3) is 2.04. The Morgan fingerprint density at radius 3 is 3.00 bits per heavy atom. The summed E-state index contributed by atoms with van der Waals surface area (Å²) in [5, 5.41) is 0.828. The van der Waals surface area contributed by atoms with Crippen molar-refractivity contribution in [2.75, 3.05) is 7.11 Å². The standard InChI is InChI=1S/C7H7BrO2S/c1-10-7-4-5(8)6(11-7)2-3-9/h3-4H,2H2,1H3. The molecule has 2 nitrogen and oxygen atoms in total. The van der Waals surface area contributed by atoms with Crippen LogP contribution in [0.25, 0.3) is 0 Å². The zero-order chi connectivity index (χ0) is 8.27. The highest BCUT2D eigenvalue weighted by molar-refractivity contribution is 9.10. The number of carbonyl (C=O) groups excluding carboxylic acids is 1. The van der Waals surface area contributed by atoms with Crippen LogP contribution in [-0.2, 0) is 11.2 Å². The van der Waals surface area contributed by atoms with Gasteiger partial charge in [-0.1, -0.05) is 0 Å². The van der Waals surface area contributed by atoms with Gasteiger partial charge in [0.2, 0.25) is 0 Å². The first-order valence-electron chi connectivity index (χ1n) is 3.03. The molecule has 1 heterocycles. The molecule has 0 aliphatic rings. The predicted octanol–water partition coefficient (Wildman–Crippen LogP) is 2.26. The molecule has 0 amide bonds. The average molecular weight is 235 g/mol. The molecule has 4 heteroatoms. The lowest BCUT2D eigenvalue weighted by atomic mass is 10.4. The Bertz CT molecular complexity index is 257. The van der Waals surface area contributed by atoms with E-state index in [0.29, 0.717) is 6.42 Å². The van der Waals surface area contributed by atoms with Crippen LogP contribution in [0.1, 0.15) is 4.88 Å². The second-order valence-corrected chi connectivity index (χ2v) is 3.87. The van der Waals surface area contributed by atoms with Gasteiger partial charge in [0.1, 0.15) is 6.29 Å². The number of carbonyl (C=O) groups is 1. The van der Waals surface area contributed by atoms with Crippen molar-refractivity contribution in [2.45, 2.75) is 6.42 Å². The van der Waals surface area contributed by atoms with Crippen molar-refractivity contribution in [3.63, 3.8) is 0 Å². The zero-order valence-corrected chi connectivity index (χ0v) is 8.37. The van der Waals surface area contributed by atoms with Gasteiger partial charge in [-0.25, -0.2) is 0 Å². The fourth-order valence-electron chi connectivity index (χ4n) is 0.699. The van der Waals surface area contributed by atoms with E-state index in [1.165, 1.54) is 11.3 Å². The van der Waals surface area contributed by atoms with Crippen LogP contribution >= 0.6 is 27.3 Å². The Morgan fingerprint density at radius 1 is 1.82 bits per heavy atom. The molecule has 0 aliphatic heterocycles. The van der Waals surface area contributed by atoms with E-state index in [0.717, 1.165) is 20.7 Å². The second-order valence-electron chi connectivity index (χ2n) is 1.91. The molecular formula is C7H7BrO2S. The summed E-state index contributed by atoms with van der Waals surface area (Å²) in [5.41, 5.74) is 0. The highest BCUT2D eigenvalue weighted by Gasteiger charge is 2.05. The fraction of sp³-hybridized carbons (Fsp3) is 0.286. The molecule has 0 aliphatic carbocycles. The smallest absolute Gasteiger partial charge is 0.174 e. The largest absolute Gasteiger partial charge is 0.487 e. The molecule has 1 rings (SSSR count). The van der Waals surface area contributed by atoms with Gasteiger partial charge in [-0.2, -0.15) is 0 Å². The summed E-state index contributed by atoms with van der Waals surface area (Å²) in [5.74, 6) is 0. The third-order valence-electron chi connectivity index (χ3n) is 1.20. The number of ether oxygens (including phenoxy) is 1. The maximum absolute atomic E-state index is 10.2. The van der Waals surface area contributed by atoms with Crippen molar-refractivity contribution in [3.05, 3.63) is 15.4 Å². The van der Waals surface area contributed by atoms with Gasteiger partial charge >= 0.3 is 0 Å². The number of rotatable bonds is 3. The number of halogens is 1. The first-order chi connectivity index (χ1) is 5.27. The molecule has 1 aromatic heterocycles. The Hall–Kier alpha value is -0.350. The summed E-state index contributed by atoms with van der Waals surface area (Å²) < 4.78 is 5.95. The van der Waals surface area contributed by atoms with E-state index in [2.05, 4.69) is 15.9 Å². The van der Waals surface area contributed by atoms with E-state index in [9.17, 15) is 4.79 Å². The summed E-state index contributed by atoms with van der Waals surface area (Å²) >= 11 is 4.81. The lowest BCUT2D eigenvalue weighted by molar-refractivity contribution is -0.107. The zero-order valence-electron chi connectivity index (χ0n) is 5.96. The third-order valence-corrected chi connectivity index (χ3v) is 3.29. The molecular weight excluding hydrogens is 228 g/mol. The topological polar surface area (TPSA) is 26.3 Å². The van der Waals surface area contributed by atoms with Gasteiger partial charge < -0.3 is 9.53 Å². The van der Waals surface area contributed by atoms with Gasteiger partial charge in [0.05, 0.1) is 7.11 Å². The van der Waals surface area contributed by atoms with E-state index in [-0.39, 0.29) is 0 Å². The minimum Gasteiger partial charge on any atom is -0.487 e. The molecule has 0 N–H and O–H groups in total. The number of hydrogen-bond donors (Lipinski definition) is 0. The first-order valence-corrected chi connectivity index (χ1v) is 4.64. The van der Waals surface area contributed by atoms with Crippen molar-refractivity contribution in [1.82, 2.24) is 0 Å². The summed E-state index contributed by atoms with van der Waals surface area (Å²) in [7, 11) is 1.61. The van der Waals surface area contributed by atoms with Gasteiger partial charge in [-0.05, 0) is 15.9 Å². The maximum Gasteiger partial charge on any atom is 0.174 e. The Labute approximate surface area is 77.3 Å². The van der Waals surface area contributed by atoms with Crippen molar-refractivity contribution in [3.8, 4) is 5.06 Å². The lowest BCUT2D eigenvalue weighted by Gasteiger charge is -1.88. The molecule has 1 aromatic rings. The van der Waals surface area contributed by atoms with Gasteiger partial charge in [0.15, 0.2) is 5.06 Å². The first kappa shape index (κ1) is 8.74. The normalized spacial score (nSPS) is 9.64. The van der Waals surface area contributed by atoms with Crippen LogP contribution in [0.5, 0.6) is 5.06 Å². The molecule has 0 saturated heterocycles. The van der Waals surface area contributed by atoms with Crippen molar-refractivity contribution < 1.29 is 9.53 Å². The molecule has 11 heavy (non-hydrogen) atoms. The highest BCUT2D eigenvalue weighted by atomic mass is 79.9. The van der Waals surface area contributed by atoms with E-state index >= 15 is 0 Å². The molecule has 0 spiro atoms. The van der Waals surface area contributed by atoms with Crippen LogP contribution in [0, 0.1) is 0 Å². The second kappa shape index (κ2) is 3.88. The number of thiophene rings is 1. The summed E-state index contributed by atoms with van der Waals surface area (Å²) in [6.45, 7) is 0. The van der Waals surface area contributed by atoms with E-state index < -0.39 is 0 Å². The molecule has 0 atom stereocenters. The summed E-state index contributed by atoms with van der Waals surface area (Å²) in [6, 6.07) is 1.86. The highest BCUT2D eigenvalue weighted by Crippen LogP contribution is 2.32. The van der Waals surface area contributed by atoms with Gasteiger partial charge in [0, 0.05) is 21.8 Å². The predicted molar refractivity (Wildman–Crippen MR) is 48.3 cm³/mol. The van der Waals surface area contributed by atoms with Crippen LogP contribution in [-0.4, -0.2) is 13.4 Å². The van der Waals surface area contributed by atoms with E-state index in [1.807, 2.05) is 6.07 Å². The van der Waals surface area contributed by atoms with Crippen LogP contribution in [0.3, 0.4) is 0 Å². The van der Waals surface area contributed by atoms with Crippen LogP contribution in [0.4, 0.5) is 0 Å². The van der Waals surface area contributed by atoms with Crippen LogP contribution in [0.15, 0.2) is 10.5 Å². The Kier molecular flexibility index (Phi) is 3.08. The SMILES string of the molecule is COc1cc(Br)c(CC=O)s1. The average Bonchev–Trinajstić information content (AvgIpc) is 2.33. The van der Waals surface area contributed by atoms with E-state index in [1.54, 1.807) is 7.11 Å². The fourth-order valence-corrected chi connectivity index (χ4v) is 2.27. The van der Waals surface area contributed by atoms with Gasteiger partial charge in [0.25, 0.3) is 0 Å². The lowest BCUT2D eigenvalue weighted by Crippen LogP contribution is -1.79. The number of aldehydes is 1. The van der Waals surface area contributed by atoms with E-state index in [4.69, 9.17) is 4.74 Å².